The Balaban J connectivity index is 1.58. The van der Waals surface area contributed by atoms with E-state index < -0.39 is 0 Å². The number of nitrogens with one attached hydrogen (secondary N) is 2. The fraction of sp³-hybridized carbons (Fsp3) is 0.158. The molecule has 3 aromatic rings. The van der Waals surface area contributed by atoms with Crippen molar-refractivity contribution in [2.75, 3.05) is 17.2 Å². The van der Waals surface area contributed by atoms with Crippen LogP contribution in [0.4, 0.5) is 17.5 Å². The first-order chi connectivity index (χ1) is 12.2. The molecule has 25 heavy (non-hydrogen) atoms. The van der Waals surface area contributed by atoms with Gasteiger partial charge in [-0.3, -0.25) is 4.79 Å². The Morgan fingerprint density at radius 1 is 1.04 bits per heavy atom. The van der Waals surface area contributed by atoms with Crippen LogP contribution < -0.4 is 10.6 Å². The summed E-state index contributed by atoms with van der Waals surface area (Å²) in [5.74, 6) is 1.10. The highest BCUT2D eigenvalue weighted by Gasteiger charge is 2.03. The number of Topliss-reactive ketones (excluding diaryl/α,β-unsaturated/α-hetero) is 1. The number of rotatable bonds is 7. The van der Waals surface area contributed by atoms with Gasteiger partial charge in [0.15, 0.2) is 11.6 Å². The fourth-order valence-corrected chi connectivity index (χ4v) is 2.34. The maximum Gasteiger partial charge on any atom is 0.249 e. The van der Waals surface area contributed by atoms with Crippen molar-refractivity contribution >= 4 is 23.2 Å². The van der Waals surface area contributed by atoms with Gasteiger partial charge in [0.2, 0.25) is 5.95 Å². The highest BCUT2D eigenvalue weighted by Crippen LogP contribution is 2.15. The second-order valence-corrected chi connectivity index (χ2v) is 5.59. The first-order valence-corrected chi connectivity index (χ1v) is 8.06. The summed E-state index contributed by atoms with van der Waals surface area (Å²) in [6.45, 7) is 2.30. The molecule has 0 spiro atoms. The summed E-state index contributed by atoms with van der Waals surface area (Å²) >= 11 is 0. The lowest BCUT2D eigenvalue weighted by atomic mass is 10.1. The predicted octanol–water partition coefficient (Wildman–Crippen LogP) is 3.47. The molecule has 0 unspecified atom stereocenters. The summed E-state index contributed by atoms with van der Waals surface area (Å²) in [6.07, 6.45) is 2.50. The topological polar surface area (TPSA) is 79.8 Å². The van der Waals surface area contributed by atoms with E-state index in [1.54, 1.807) is 25.3 Å². The van der Waals surface area contributed by atoms with E-state index in [1.165, 1.54) is 5.56 Å². The van der Waals surface area contributed by atoms with Crippen molar-refractivity contribution in [3.63, 3.8) is 0 Å². The maximum absolute atomic E-state index is 11.3. The molecule has 126 valence electrons. The van der Waals surface area contributed by atoms with Gasteiger partial charge in [-0.05, 0) is 43.2 Å². The van der Waals surface area contributed by atoms with Gasteiger partial charge < -0.3 is 10.6 Å². The highest BCUT2D eigenvalue weighted by atomic mass is 16.1. The molecule has 0 aliphatic heterocycles. The van der Waals surface area contributed by atoms with Gasteiger partial charge in [-0.1, -0.05) is 30.3 Å². The third kappa shape index (κ3) is 4.84. The number of benzene rings is 2. The van der Waals surface area contributed by atoms with Gasteiger partial charge in [-0.15, -0.1) is 5.10 Å². The Labute approximate surface area is 146 Å². The van der Waals surface area contributed by atoms with Crippen molar-refractivity contribution in [3.8, 4) is 0 Å². The van der Waals surface area contributed by atoms with Gasteiger partial charge in [0, 0.05) is 17.8 Å². The molecule has 2 aromatic carbocycles. The number of aromatic nitrogens is 3. The molecule has 0 aliphatic carbocycles. The summed E-state index contributed by atoms with van der Waals surface area (Å²) in [4.78, 5) is 15.7. The lowest BCUT2D eigenvalue weighted by Crippen LogP contribution is -2.08. The molecular formula is C19H19N5O. The minimum absolute atomic E-state index is 0.0362. The van der Waals surface area contributed by atoms with E-state index in [1.807, 2.05) is 30.3 Å². The lowest BCUT2D eigenvalue weighted by Gasteiger charge is -2.08. The smallest absolute Gasteiger partial charge is 0.249 e. The number of anilines is 3. The van der Waals surface area contributed by atoms with E-state index in [2.05, 4.69) is 37.9 Å². The first kappa shape index (κ1) is 16.6. The Hall–Kier alpha value is -3.28. The molecular weight excluding hydrogens is 314 g/mol. The number of ketones is 1. The van der Waals surface area contributed by atoms with E-state index in [4.69, 9.17) is 0 Å². The third-order valence-corrected chi connectivity index (χ3v) is 3.67. The minimum atomic E-state index is 0.0362. The molecule has 6 nitrogen and oxygen atoms in total. The zero-order valence-corrected chi connectivity index (χ0v) is 13.9. The van der Waals surface area contributed by atoms with Gasteiger partial charge in [-0.25, -0.2) is 0 Å². The van der Waals surface area contributed by atoms with E-state index >= 15 is 0 Å². The van der Waals surface area contributed by atoms with Crippen LogP contribution in [0.3, 0.4) is 0 Å². The number of hydrogen-bond donors (Lipinski definition) is 2. The molecule has 0 radical (unpaired) electrons. The molecule has 1 aromatic heterocycles. The maximum atomic E-state index is 11.3. The van der Waals surface area contributed by atoms with Crippen molar-refractivity contribution < 1.29 is 4.79 Å². The number of nitrogens with zero attached hydrogens (tertiary/aromatic N) is 3. The van der Waals surface area contributed by atoms with E-state index in [0.717, 1.165) is 18.7 Å². The number of hydrogen-bond acceptors (Lipinski definition) is 6. The van der Waals surface area contributed by atoms with E-state index in [0.29, 0.717) is 17.3 Å². The summed E-state index contributed by atoms with van der Waals surface area (Å²) in [6, 6.07) is 17.4. The average Bonchev–Trinajstić information content (AvgIpc) is 2.63. The fourth-order valence-electron chi connectivity index (χ4n) is 2.34. The highest BCUT2D eigenvalue weighted by molar-refractivity contribution is 5.94. The standard InChI is InChI=1S/C19H19N5O/c1-14(25)16-7-9-17(10-8-16)22-19-23-18(13-21-24-19)20-12-11-15-5-3-2-4-6-15/h2-10,13H,11-12H2,1H3,(H2,20,22,23,24). The van der Waals surface area contributed by atoms with Crippen LogP contribution in [0.2, 0.25) is 0 Å². The monoisotopic (exact) mass is 333 g/mol. The van der Waals surface area contributed by atoms with Crippen molar-refractivity contribution in [3.05, 3.63) is 71.9 Å². The third-order valence-electron chi connectivity index (χ3n) is 3.67. The SMILES string of the molecule is CC(=O)c1ccc(Nc2nncc(NCCc3ccccc3)n2)cc1. The van der Waals surface area contributed by atoms with Crippen LogP contribution in [0.1, 0.15) is 22.8 Å². The molecule has 1 heterocycles. The average molecular weight is 333 g/mol. The molecule has 0 fully saturated rings. The normalized spacial score (nSPS) is 10.3. The van der Waals surface area contributed by atoms with E-state index in [9.17, 15) is 4.79 Å². The minimum Gasteiger partial charge on any atom is -0.368 e. The van der Waals surface area contributed by atoms with Crippen LogP contribution in [-0.4, -0.2) is 27.5 Å². The quantitative estimate of drug-likeness (QED) is 0.645. The molecule has 2 N–H and O–H groups in total. The van der Waals surface area contributed by atoms with Gasteiger partial charge in [0.05, 0.1) is 6.20 Å². The predicted molar refractivity (Wildman–Crippen MR) is 98.2 cm³/mol. The Morgan fingerprint density at radius 3 is 2.52 bits per heavy atom. The van der Waals surface area contributed by atoms with Crippen LogP contribution in [0.15, 0.2) is 60.8 Å². The van der Waals surface area contributed by atoms with Gasteiger partial charge in [0.25, 0.3) is 0 Å². The second-order valence-electron chi connectivity index (χ2n) is 5.59. The molecule has 6 heteroatoms. The summed E-state index contributed by atoms with van der Waals surface area (Å²) in [5, 5.41) is 14.3. The van der Waals surface area contributed by atoms with Crippen LogP contribution in [0.25, 0.3) is 0 Å². The van der Waals surface area contributed by atoms with Crippen molar-refractivity contribution in [1.29, 1.82) is 0 Å². The van der Waals surface area contributed by atoms with Gasteiger partial charge >= 0.3 is 0 Å². The second kappa shape index (κ2) is 8.01. The molecule has 3 rings (SSSR count). The molecule has 0 atom stereocenters. The summed E-state index contributed by atoms with van der Waals surface area (Å²) < 4.78 is 0. The zero-order valence-electron chi connectivity index (χ0n) is 13.9. The van der Waals surface area contributed by atoms with Crippen LogP contribution in [0.5, 0.6) is 0 Å². The van der Waals surface area contributed by atoms with Crippen molar-refractivity contribution in [2.45, 2.75) is 13.3 Å². The molecule has 0 amide bonds. The molecule has 0 aliphatic rings. The van der Waals surface area contributed by atoms with Gasteiger partial charge in [-0.2, -0.15) is 10.1 Å². The van der Waals surface area contributed by atoms with Crippen LogP contribution in [0, 0.1) is 0 Å². The first-order valence-electron chi connectivity index (χ1n) is 8.06. The zero-order chi connectivity index (χ0) is 17.5. The lowest BCUT2D eigenvalue weighted by molar-refractivity contribution is 0.101. The van der Waals surface area contributed by atoms with Crippen molar-refractivity contribution in [1.82, 2.24) is 15.2 Å². The molecule has 0 bridgehead atoms. The number of carbonyl (C=O) groups excluding carboxylic acids is 1. The largest absolute Gasteiger partial charge is 0.368 e. The number of carbonyl (C=O) groups is 1. The van der Waals surface area contributed by atoms with Crippen molar-refractivity contribution in [2.24, 2.45) is 0 Å². The Bertz CT molecular complexity index is 834. The molecule has 0 saturated heterocycles. The summed E-state index contributed by atoms with van der Waals surface area (Å²) in [7, 11) is 0. The van der Waals surface area contributed by atoms with Crippen LogP contribution in [-0.2, 0) is 6.42 Å². The van der Waals surface area contributed by atoms with Crippen LogP contribution >= 0.6 is 0 Å². The van der Waals surface area contributed by atoms with Gasteiger partial charge in [0.1, 0.15) is 0 Å². The summed E-state index contributed by atoms with van der Waals surface area (Å²) in [5.41, 5.74) is 2.73. The van der Waals surface area contributed by atoms with E-state index in [-0.39, 0.29) is 5.78 Å². The molecule has 0 saturated carbocycles. The Morgan fingerprint density at radius 2 is 1.80 bits per heavy atom. The Kier molecular flexibility index (Phi) is 5.31.